The van der Waals surface area contributed by atoms with Crippen LogP contribution in [0.5, 0.6) is 0 Å². The lowest BCUT2D eigenvalue weighted by molar-refractivity contribution is 0.662. The van der Waals surface area contributed by atoms with Gasteiger partial charge in [0.1, 0.15) is 0 Å². The SMILES string of the molecule is CC1(C)c2cc3ccccc3cc2-c2cc3ccc(N(c4ccc5c(c4)C(c4ccccc4)(c4ccccc4)c4ccccc4-5)c4ccccc4-c4ccccc4)cc3cc21. The average Bonchev–Trinajstić information content (AvgIpc) is 3.73. The van der Waals surface area contributed by atoms with Gasteiger partial charge in [0.2, 0.25) is 0 Å². The Balaban J connectivity index is 1.10. The lowest BCUT2D eigenvalue weighted by atomic mass is 9.67. The van der Waals surface area contributed by atoms with Crippen LogP contribution < -0.4 is 4.90 Å². The highest BCUT2D eigenvalue weighted by molar-refractivity contribution is 6.00. The van der Waals surface area contributed by atoms with E-state index >= 15 is 0 Å². The molecule has 0 fully saturated rings. The van der Waals surface area contributed by atoms with E-state index in [0.717, 1.165) is 17.1 Å². The molecule has 10 aromatic carbocycles. The first-order chi connectivity index (χ1) is 30.0. The zero-order valence-electron chi connectivity index (χ0n) is 34.3. The van der Waals surface area contributed by atoms with Gasteiger partial charge in [0, 0.05) is 22.4 Å². The molecule has 2 aliphatic rings. The maximum atomic E-state index is 2.49. The summed E-state index contributed by atoms with van der Waals surface area (Å²) in [6, 6.07) is 83.6. The zero-order chi connectivity index (χ0) is 40.7. The van der Waals surface area contributed by atoms with Crippen LogP contribution >= 0.6 is 0 Å². The molecule has 0 amide bonds. The van der Waals surface area contributed by atoms with Crippen LogP contribution in [0.2, 0.25) is 0 Å². The molecule has 0 unspecified atom stereocenters. The van der Waals surface area contributed by atoms with E-state index in [1.165, 1.54) is 88.3 Å². The molecule has 0 aromatic heterocycles. The van der Waals surface area contributed by atoms with E-state index < -0.39 is 5.41 Å². The van der Waals surface area contributed by atoms with Gasteiger partial charge in [-0.05, 0) is 137 Å². The van der Waals surface area contributed by atoms with Gasteiger partial charge in [-0.15, -0.1) is 0 Å². The van der Waals surface area contributed by atoms with Gasteiger partial charge in [-0.3, -0.25) is 0 Å². The van der Waals surface area contributed by atoms with Crippen LogP contribution in [0.15, 0.2) is 224 Å². The lowest BCUT2D eigenvalue weighted by Gasteiger charge is -2.35. The molecule has 0 radical (unpaired) electrons. The fourth-order valence-corrected chi connectivity index (χ4v) is 10.8. The Kier molecular flexibility index (Phi) is 7.86. The first kappa shape index (κ1) is 35.5. The highest BCUT2D eigenvalue weighted by atomic mass is 15.1. The van der Waals surface area contributed by atoms with E-state index in [0.29, 0.717) is 0 Å². The van der Waals surface area contributed by atoms with Crippen molar-refractivity contribution in [3.05, 3.63) is 258 Å². The summed E-state index contributed by atoms with van der Waals surface area (Å²) in [5, 5.41) is 5.06. The fraction of sp³-hybridized carbons (Fsp3) is 0.0667. The second-order valence-corrected chi connectivity index (χ2v) is 17.3. The Hall–Kier alpha value is -7.48. The Bertz CT molecular complexity index is 3290. The number of nitrogens with zero attached hydrogens (tertiary/aromatic N) is 1. The molecule has 0 atom stereocenters. The highest BCUT2D eigenvalue weighted by Crippen LogP contribution is 2.58. The number of anilines is 3. The Morgan fingerprint density at radius 3 is 1.49 bits per heavy atom. The Morgan fingerprint density at radius 1 is 0.311 bits per heavy atom. The highest BCUT2D eigenvalue weighted by Gasteiger charge is 2.46. The largest absolute Gasteiger partial charge is 0.310 e. The summed E-state index contributed by atoms with van der Waals surface area (Å²) >= 11 is 0. The van der Waals surface area contributed by atoms with Crippen LogP contribution in [0, 0.1) is 0 Å². The topological polar surface area (TPSA) is 3.24 Å². The first-order valence-electron chi connectivity index (χ1n) is 21.4. The van der Waals surface area contributed by atoms with Crippen molar-refractivity contribution in [2.75, 3.05) is 4.90 Å². The third-order valence-corrected chi connectivity index (χ3v) is 13.7. The average molecular weight is 778 g/mol. The summed E-state index contributed by atoms with van der Waals surface area (Å²) in [4.78, 5) is 2.49. The van der Waals surface area contributed by atoms with Crippen LogP contribution in [-0.4, -0.2) is 0 Å². The minimum atomic E-state index is -0.510. The summed E-state index contributed by atoms with van der Waals surface area (Å²) in [6.07, 6.45) is 0. The van der Waals surface area contributed by atoms with Gasteiger partial charge in [0.25, 0.3) is 0 Å². The van der Waals surface area contributed by atoms with Crippen molar-refractivity contribution in [1.29, 1.82) is 0 Å². The van der Waals surface area contributed by atoms with Crippen LogP contribution in [-0.2, 0) is 10.8 Å². The van der Waals surface area contributed by atoms with E-state index in [1.807, 2.05) is 0 Å². The Morgan fingerprint density at radius 2 is 0.803 bits per heavy atom. The van der Waals surface area contributed by atoms with Gasteiger partial charge in [-0.2, -0.15) is 0 Å². The van der Waals surface area contributed by atoms with Crippen molar-refractivity contribution >= 4 is 38.6 Å². The molecule has 0 bridgehead atoms. The van der Waals surface area contributed by atoms with Gasteiger partial charge in [0.05, 0.1) is 11.1 Å². The van der Waals surface area contributed by atoms with Gasteiger partial charge < -0.3 is 4.90 Å². The normalized spacial score (nSPS) is 14.0. The number of hydrogen-bond acceptors (Lipinski definition) is 1. The van der Waals surface area contributed by atoms with Crippen LogP contribution in [0.25, 0.3) is 54.9 Å². The first-order valence-corrected chi connectivity index (χ1v) is 21.4. The molecule has 288 valence electrons. The summed E-state index contributed by atoms with van der Waals surface area (Å²) in [5.74, 6) is 0. The van der Waals surface area contributed by atoms with E-state index in [4.69, 9.17) is 0 Å². The second-order valence-electron chi connectivity index (χ2n) is 17.3. The van der Waals surface area contributed by atoms with Crippen molar-refractivity contribution in [3.8, 4) is 33.4 Å². The summed E-state index contributed by atoms with van der Waals surface area (Å²) in [5.41, 5.74) is 18.2. The van der Waals surface area contributed by atoms with Gasteiger partial charge in [-0.1, -0.05) is 184 Å². The van der Waals surface area contributed by atoms with Crippen molar-refractivity contribution in [2.24, 2.45) is 0 Å². The predicted octanol–water partition coefficient (Wildman–Crippen LogP) is 15.8. The molecule has 0 heterocycles. The van der Waals surface area contributed by atoms with Crippen LogP contribution in [0.1, 0.15) is 47.2 Å². The summed E-state index contributed by atoms with van der Waals surface area (Å²) in [7, 11) is 0. The smallest absolute Gasteiger partial charge is 0.0714 e. The van der Waals surface area contributed by atoms with Crippen molar-refractivity contribution in [1.82, 2.24) is 0 Å². The summed E-state index contributed by atoms with van der Waals surface area (Å²) < 4.78 is 0. The number of benzene rings is 10. The quantitative estimate of drug-likeness (QED) is 0.163. The van der Waals surface area contributed by atoms with Crippen LogP contribution in [0.4, 0.5) is 17.1 Å². The molecule has 0 saturated carbocycles. The number of hydrogen-bond donors (Lipinski definition) is 0. The van der Waals surface area contributed by atoms with E-state index in [9.17, 15) is 0 Å². The van der Waals surface area contributed by atoms with Crippen LogP contribution in [0.3, 0.4) is 0 Å². The maximum absolute atomic E-state index is 2.49. The maximum Gasteiger partial charge on any atom is 0.0714 e. The minimum Gasteiger partial charge on any atom is -0.310 e. The number of rotatable bonds is 6. The predicted molar refractivity (Wildman–Crippen MR) is 256 cm³/mol. The molecule has 0 saturated heterocycles. The second kappa shape index (κ2) is 13.5. The molecule has 10 aromatic rings. The minimum absolute atomic E-state index is 0.133. The molecule has 1 heteroatoms. The third kappa shape index (κ3) is 5.27. The van der Waals surface area contributed by atoms with Crippen molar-refractivity contribution in [3.63, 3.8) is 0 Å². The van der Waals surface area contributed by atoms with E-state index in [1.54, 1.807) is 0 Å². The molecule has 61 heavy (non-hydrogen) atoms. The monoisotopic (exact) mass is 777 g/mol. The van der Waals surface area contributed by atoms with Gasteiger partial charge in [0.15, 0.2) is 0 Å². The standard InChI is InChI=1S/C60H43N/c1-59(2)55-37-42-21-13-12-20-41(42)35-52(55)53-36-43-30-31-47(34-44(43)38-56(53)59)61(58-29-17-15-26-49(58)40-18-6-3-7-19-40)48-32-33-51-50-27-14-16-28-54(50)60(57(51)39-48,45-22-8-4-9-23-45)46-24-10-5-11-25-46/h3-39H,1-2H3. The molecular formula is C60H43N. The summed E-state index contributed by atoms with van der Waals surface area (Å²) in [6.45, 7) is 4.78. The molecule has 0 aliphatic heterocycles. The van der Waals surface area contributed by atoms with Crippen molar-refractivity contribution in [2.45, 2.75) is 24.7 Å². The molecule has 0 N–H and O–H groups in total. The molecule has 0 spiro atoms. The fourth-order valence-electron chi connectivity index (χ4n) is 10.8. The van der Waals surface area contributed by atoms with E-state index in [2.05, 4.69) is 243 Å². The zero-order valence-corrected chi connectivity index (χ0v) is 34.3. The van der Waals surface area contributed by atoms with Gasteiger partial charge in [-0.25, -0.2) is 0 Å². The molecule has 12 rings (SSSR count). The number of para-hydroxylation sites is 1. The van der Waals surface area contributed by atoms with Gasteiger partial charge >= 0.3 is 0 Å². The van der Waals surface area contributed by atoms with Crippen molar-refractivity contribution < 1.29 is 0 Å². The molecular weight excluding hydrogens is 735 g/mol. The van der Waals surface area contributed by atoms with E-state index in [-0.39, 0.29) is 5.41 Å². The third-order valence-electron chi connectivity index (χ3n) is 13.7. The Labute approximate surface area is 357 Å². The molecule has 1 nitrogen and oxygen atoms in total. The molecule has 2 aliphatic carbocycles. The lowest BCUT2D eigenvalue weighted by Crippen LogP contribution is -2.28. The number of fused-ring (bicyclic) bond motifs is 8.